The fourth-order valence-corrected chi connectivity index (χ4v) is 3.41. The third-order valence-electron chi connectivity index (χ3n) is 5.07. The lowest BCUT2D eigenvalue weighted by atomic mass is 10.0. The number of carboxylic acid groups (broad SMARTS) is 1. The van der Waals surface area contributed by atoms with Crippen LogP contribution >= 0.6 is 0 Å². The van der Waals surface area contributed by atoms with Gasteiger partial charge in [0.15, 0.2) is 0 Å². The SMILES string of the molecule is O=C(O)[C@H](Cc1ccccc1)NCc1c(O)ccc2c(=O)c(Oc3ccccc3)coc12. The van der Waals surface area contributed by atoms with E-state index in [-0.39, 0.29) is 35.4 Å². The van der Waals surface area contributed by atoms with Crippen LogP contribution in [0.4, 0.5) is 0 Å². The quantitative estimate of drug-likeness (QED) is 0.386. The summed E-state index contributed by atoms with van der Waals surface area (Å²) in [5.41, 5.74) is 0.941. The molecule has 4 aromatic rings. The van der Waals surface area contributed by atoms with Crippen molar-refractivity contribution >= 4 is 16.9 Å². The normalized spacial score (nSPS) is 11.9. The van der Waals surface area contributed by atoms with Crippen LogP contribution in [0.3, 0.4) is 0 Å². The fraction of sp³-hybridized carbons (Fsp3) is 0.120. The van der Waals surface area contributed by atoms with Crippen molar-refractivity contribution in [2.24, 2.45) is 0 Å². The molecule has 0 amide bonds. The number of carbonyl (C=O) groups is 1. The highest BCUT2D eigenvalue weighted by Crippen LogP contribution is 2.28. The molecule has 162 valence electrons. The standard InChI is InChI=1S/C25H21NO6/c27-21-12-11-18-23(28)22(32-17-9-5-2-6-10-17)15-31-24(18)19(21)14-26-20(25(29)30)13-16-7-3-1-4-8-16/h1-12,15,20,26-27H,13-14H2,(H,29,30)/t20-/m0/s1. The Labute approximate surface area is 183 Å². The summed E-state index contributed by atoms with van der Waals surface area (Å²) in [4.78, 5) is 24.6. The smallest absolute Gasteiger partial charge is 0.321 e. The zero-order chi connectivity index (χ0) is 22.5. The highest BCUT2D eigenvalue weighted by molar-refractivity contribution is 5.83. The van der Waals surface area contributed by atoms with Crippen molar-refractivity contribution in [1.82, 2.24) is 5.32 Å². The van der Waals surface area contributed by atoms with Gasteiger partial charge in [-0.05, 0) is 36.2 Å². The van der Waals surface area contributed by atoms with Crippen LogP contribution in [0.5, 0.6) is 17.2 Å². The Morgan fingerprint density at radius 2 is 1.69 bits per heavy atom. The number of phenols is 1. The molecule has 1 aromatic heterocycles. The van der Waals surface area contributed by atoms with Gasteiger partial charge in [0, 0.05) is 6.54 Å². The van der Waals surface area contributed by atoms with E-state index >= 15 is 0 Å². The molecule has 0 fully saturated rings. The van der Waals surface area contributed by atoms with Crippen molar-refractivity contribution in [1.29, 1.82) is 0 Å². The second-order valence-electron chi connectivity index (χ2n) is 7.25. The number of hydrogen-bond acceptors (Lipinski definition) is 6. The van der Waals surface area contributed by atoms with Crippen LogP contribution in [0.2, 0.25) is 0 Å². The minimum atomic E-state index is -1.02. The molecule has 0 bridgehead atoms. The topological polar surface area (TPSA) is 109 Å². The number of phenolic OH excluding ortho intramolecular Hbond substituents is 1. The fourth-order valence-electron chi connectivity index (χ4n) is 3.41. The monoisotopic (exact) mass is 431 g/mol. The Morgan fingerprint density at radius 1 is 1.00 bits per heavy atom. The predicted octanol–water partition coefficient (Wildman–Crippen LogP) is 4.08. The molecule has 0 aliphatic heterocycles. The third kappa shape index (κ3) is 4.63. The molecule has 7 nitrogen and oxygen atoms in total. The molecule has 4 rings (SSSR count). The number of hydrogen-bond donors (Lipinski definition) is 3. The summed E-state index contributed by atoms with van der Waals surface area (Å²) in [7, 11) is 0. The number of benzene rings is 3. The number of ether oxygens (including phenoxy) is 1. The van der Waals surface area contributed by atoms with Gasteiger partial charge in [0.25, 0.3) is 0 Å². The van der Waals surface area contributed by atoms with Gasteiger partial charge in [-0.15, -0.1) is 0 Å². The van der Waals surface area contributed by atoms with E-state index in [1.54, 1.807) is 24.3 Å². The minimum Gasteiger partial charge on any atom is -0.507 e. The van der Waals surface area contributed by atoms with E-state index in [1.165, 1.54) is 18.4 Å². The Hall–Kier alpha value is -4.10. The number of nitrogens with one attached hydrogen (secondary N) is 1. The lowest BCUT2D eigenvalue weighted by Crippen LogP contribution is -2.38. The summed E-state index contributed by atoms with van der Waals surface area (Å²) in [5, 5.41) is 23.1. The molecule has 0 saturated heterocycles. The largest absolute Gasteiger partial charge is 0.507 e. The molecule has 32 heavy (non-hydrogen) atoms. The van der Waals surface area contributed by atoms with Gasteiger partial charge in [-0.1, -0.05) is 48.5 Å². The average molecular weight is 431 g/mol. The van der Waals surface area contributed by atoms with Crippen molar-refractivity contribution < 1.29 is 24.2 Å². The summed E-state index contributed by atoms with van der Waals surface area (Å²) >= 11 is 0. The van der Waals surface area contributed by atoms with Crippen LogP contribution in [0.1, 0.15) is 11.1 Å². The molecule has 0 aliphatic carbocycles. The molecule has 0 spiro atoms. The number of carboxylic acids is 1. The third-order valence-corrected chi connectivity index (χ3v) is 5.07. The van der Waals surface area contributed by atoms with E-state index in [0.29, 0.717) is 11.3 Å². The highest BCUT2D eigenvalue weighted by Gasteiger charge is 2.20. The summed E-state index contributed by atoms with van der Waals surface area (Å²) in [6, 6.07) is 20.0. The van der Waals surface area contributed by atoms with Crippen molar-refractivity contribution in [3.63, 3.8) is 0 Å². The van der Waals surface area contributed by atoms with Crippen molar-refractivity contribution in [2.75, 3.05) is 0 Å². The molecule has 1 atom stereocenters. The maximum atomic E-state index is 12.9. The maximum Gasteiger partial charge on any atom is 0.321 e. The van der Waals surface area contributed by atoms with E-state index in [1.807, 2.05) is 36.4 Å². The van der Waals surface area contributed by atoms with Crippen molar-refractivity contribution in [3.8, 4) is 17.2 Å². The second-order valence-corrected chi connectivity index (χ2v) is 7.25. The number of rotatable bonds is 8. The van der Waals surface area contributed by atoms with Crippen LogP contribution in [0.15, 0.2) is 88.3 Å². The second kappa shape index (κ2) is 9.36. The average Bonchev–Trinajstić information content (AvgIpc) is 2.80. The van der Waals surface area contributed by atoms with Crippen LogP contribution in [0, 0.1) is 0 Å². The van der Waals surface area contributed by atoms with Crippen LogP contribution in [0.25, 0.3) is 11.0 Å². The lowest BCUT2D eigenvalue weighted by Gasteiger charge is -2.16. The molecule has 7 heteroatoms. The first-order chi connectivity index (χ1) is 15.5. The number of para-hydroxylation sites is 1. The van der Waals surface area contributed by atoms with Crippen molar-refractivity contribution in [2.45, 2.75) is 19.0 Å². The Morgan fingerprint density at radius 3 is 2.38 bits per heavy atom. The van der Waals surface area contributed by atoms with Crippen LogP contribution in [-0.4, -0.2) is 22.2 Å². The van der Waals surface area contributed by atoms with Crippen LogP contribution in [-0.2, 0) is 17.8 Å². The molecule has 3 N–H and O–H groups in total. The minimum absolute atomic E-state index is 0.00516. The van der Waals surface area contributed by atoms with Gasteiger partial charge in [-0.3, -0.25) is 14.9 Å². The van der Waals surface area contributed by atoms with E-state index in [4.69, 9.17) is 9.15 Å². The molecule has 1 heterocycles. The first-order valence-electron chi connectivity index (χ1n) is 10.0. The van der Waals surface area contributed by atoms with Gasteiger partial charge < -0.3 is 19.4 Å². The predicted molar refractivity (Wildman–Crippen MR) is 119 cm³/mol. The van der Waals surface area contributed by atoms with Gasteiger partial charge in [-0.25, -0.2) is 0 Å². The maximum absolute atomic E-state index is 12.9. The highest BCUT2D eigenvalue weighted by atomic mass is 16.5. The van der Waals surface area contributed by atoms with Gasteiger partial charge in [0.2, 0.25) is 11.2 Å². The molecular weight excluding hydrogens is 410 g/mol. The summed E-state index contributed by atoms with van der Waals surface area (Å²) < 4.78 is 11.3. The molecule has 0 saturated carbocycles. The van der Waals surface area contributed by atoms with E-state index < -0.39 is 17.4 Å². The number of aromatic hydroxyl groups is 1. The molecule has 3 aromatic carbocycles. The van der Waals surface area contributed by atoms with E-state index in [2.05, 4.69) is 5.32 Å². The summed E-state index contributed by atoms with van der Waals surface area (Å²) in [6.45, 7) is -0.00516. The molecule has 0 aliphatic rings. The van der Waals surface area contributed by atoms with Crippen LogP contribution < -0.4 is 15.5 Å². The molecule has 0 unspecified atom stereocenters. The summed E-state index contributed by atoms with van der Waals surface area (Å²) in [5.74, 6) is -0.617. The Kier molecular flexibility index (Phi) is 6.19. The Balaban J connectivity index is 1.60. The van der Waals surface area contributed by atoms with Gasteiger partial charge in [0.1, 0.15) is 29.4 Å². The van der Waals surface area contributed by atoms with Gasteiger partial charge >= 0.3 is 5.97 Å². The van der Waals surface area contributed by atoms with Gasteiger partial charge in [0.05, 0.1) is 10.9 Å². The Bertz CT molecular complexity index is 1280. The first-order valence-corrected chi connectivity index (χ1v) is 10.0. The summed E-state index contributed by atoms with van der Waals surface area (Å²) in [6.07, 6.45) is 1.46. The van der Waals surface area contributed by atoms with Crippen molar-refractivity contribution in [3.05, 3.63) is 100 Å². The zero-order valence-corrected chi connectivity index (χ0v) is 17.0. The molecular formula is C25H21NO6. The van der Waals surface area contributed by atoms with E-state index in [0.717, 1.165) is 5.56 Å². The zero-order valence-electron chi connectivity index (χ0n) is 17.0. The number of aliphatic carboxylic acids is 1. The molecule has 0 radical (unpaired) electrons. The lowest BCUT2D eigenvalue weighted by molar-refractivity contribution is -0.139. The van der Waals surface area contributed by atoms with E-state index in [9.17, 15) is 19.8 Å². The van der Waals surface area contributed by atoms with Gasteiger partial charge in [-0.2, -0.15) is 0 Å². The first kappa shape index (κ1) is 21.1. The number of fused-ring (bicyclic) bond motifs is 1.